The summed E-state index contributed by atoms with van der Waals surface area (Å²) in [6.45, 7) is 3.94. The number of hydrogen-bond donors (Lipinski definition) is 1. The number of nitrogens with two attached hydrogens (primary N) is 1. The van der Waals surface area contributed by atoms with E-state index in [4.69, 9.17) is 5.73 Å². The second-order valence-corrected chi connectivity index (χ2v) is 3.07. The van der Waals surface area contributed by atoms with E-state index in [-0.39, 0.29) is 6.04 Å². The van der Waals surface area contributed by atoms with Crippen LogP contribution in [-0.2, 0) is 13.5 Å². The minimum Gasteiger partial charge on any atom is -0.318 e. The Morgan fingerprint density at radius 1 is 1.69 bits per heavy atom. The highest BCUT2D eigenvalue weighted by atomic mass is 15.2. The van der Waals surface area contributed by atoms with E-state index < -0.39 is 0 Å². The van der Waals surface area contributed by atoms with Crippen molar-refractivity contribution in [2.24, 2.45) is 12.8 Å². The summed E-state index contributed by atoms with van der Waals surface area (Å²) in [5.74, 6) is 5.95. The van der Waals surface area contributed by atoms with Crippen LogP contribution in [-0.4, -0.2) is 15.8 Å². The van der Waals surface area contributed by atoms with Crippen LogP contribution in [0.5, 0.6) is 0 Å². The van der Waals surface area contributed by atoms with E-state index in [0.717, 1.165) is 17.7 Å². The third-order valence-electron chi connectivity index (χ3n) is 1.67. The summed E-state index contributed by atoms with van der Waals surface area (Å²) in [6, 6.07) is -0.0788. The predicted molar refractivity (Wildman–Crippen MR) is 53.1 cm³/mol. The first-order valence-corrected chi connectivity index (χ1v) is 4.43. The van der Waals surface area contributed by atoms with Crippen molar-refractivity contribution in [3.05, 3.63) is 17.5 Å². The van der Waals surface area contributed by atoms with E-state index in [9.17, 15) is 0 Å². The fourth-order valence-electron chi connectivity index (χ4n) is 1.09. The highest BCUT2D eigenvalue weighted by Crippen LogP contribution is 2.04. The quantitative estimate of drug-likeness (QED) is 0.641. The molecule has 0 spiro atoms. The van der Waals surface area contributed by atoms with Gasteiger partial charge in [-0.05, 0) is 13.3 Å². The highest BCUT2D eigenvalue weighted by Gasteiger charge is 2.01. The SMILES string of the molecule is CCc1nn(C)cc1C#CC(C)N. The van der Waals surface area contributed by atoms with Gasteiger partial charge in [-0.15, -0.1) is 0 Å². The smallest absolute Gasteiger partial charge is 0.0778 e. The van der Waals surface area contributed by atoms with Gasteiger partial charge in [-0.2, -0.15) is 5.10 Å². The van der Waals surface area contributed by atoms with Gasteiger partial charge < -0.3 is 5.73 Å². The van der Waals surface area contributed by atoms with E-state index in [1.807, 2.05) is 20.2 Å². The van der Waals surface area contributed by atoms with E-state index in [1.54, 1.807) is 4.68 Å². The summed E-state index contributed by atoms with van der Waals surface area (Å²) in [6.07, 6.45) is 2.83. The average molecular weight is 177 g/mol. The average Bonchev–Trinajstić information content (AvgIpc) is 2.42. The maximum Gasteiger partial charge on any atom is 0.0778 e. The molecule has 0 amide bonds. The second-order valence-electron chi connectivity index (χ2n) is 3.07. The Hall–Kier alpha value is -1.27. The summed E-state index contributed by atoms with van der Waals surface area (Å²) in [5.41, 5.74) is 7.56. The fourth-order valence-corrected chi connectivity index (χ4v) is 1.09. The molecule has 70 valence electrons. The lowest BCUT2D eigenvalue weighted by atomic mass is 10.2. The van der Waals surface area contributed by atoms with Crippen LogP contribution in [0.2, 0.25) is 0 Å². The number of aryl methyl sites for hydroxylation is 2. The van der Waals surface area contributed by atoms with Crippen LogP contribution in [0.4, 0.5) is 0 Å². The summed E-state index contributed by atoms with van der Waals surface area (Å²) in [7, 11) is 1.90. The van der Waals surface area contributed by atoms with E-state index in [0.29, 0.717) is 0 Å². The molecule has 0 saturated heterocycles. The van der Waals surface area contributed by atoms with Crippen LogP contribution in [0, 0.1) is 11.8 Å². The fraction of sp³-hybridized carbons (Fsp3) is 0.500. The number of hydrogen-bond acceptors (Lipinski definition) is 2. The molecule has 0 aliphatic carbocycles. The maximum absolute atomic E-state index is 5.54. The number of rotatable bonds is 1. The molecule has 3 heteroatoms. The highest BCUT2D eigenvalue weighted by molar-refractivity contribution is 5.37. The van der Waals surface area contributed by atoms with Gasteiger partial charge in [-0.3, -0.25) is 4.68 Å². The maximum atomic E-state index is 5.54. The molecule has 0 bridgehead atoms. The van der Waals surface area contributed by atoms with Crippen molar-refractivity contribution in [1.82, 2.24) is 9.78 Å². The molecular weight excluding hydrogens is 162 g/mol. The first-order valence-electron chi connectivity index (χ1n) is 4.43. The van der Waals surface area contributed by atoms with Gasteiger partial charge in [0.25, 0.3) is 0 Å². The van der Waals surface area contributed by atoms with Crippen molar-refractivity contribution < 1.29 is 0 Å². The minimum atomic E-state index is -0.0788. The normalized spacial score (nSPS) is 12.0. The predicted octanol–water partition coefficient (Wildman–Crippen LogP) is 0.681. The van der Waals surface area contributed by atoms with Gasteiger partial charge in [0.1, 0.15) is 0 Å². The topological polar surface area (TPSA) is 43.8 Å². The molecule has 0 aliphatic rings. The first-order chi connectivity index (χ1) is 6.13. The molecule has 2 N–H and O–H groups in total. The van der Waals surface area contributed by atoms with Gasteiger partial charge >= 0.3 is 0 Å². The third-order valence-corrected chi connectivity index (χ3v) is 1.67. The molecule has 0 saturated carbocycles. The van der Waals surface area contributed by atoms with Gasteiger partial charge in [-0.1, -0.05) is 18.8 Å². The zero-order valence-electron chi connectivity index (χ0n) is 8.33. The summed E-state index contributed by atoms with van der Waals surface area (Å²) in [4.78, 5) is 0. The van der Waals surface area contributed by atoms with Crippen molar-refractivity contribution in [3.63, 3.8) is 0 Å². The molecule has 1 aromatic rings. The van der Waals surface area contributed by atoms with Crippen molar-refractivity contribution >= 4 is 0 Å². The first kappa shape index (κ1) is 9.82. The van der Waals surface area contributed by atoms with Crippen LogP contribution in [0.3, 0.4) is 0 Å². The van der Waals surface area contributed by atoms with Gasteiger partial charge in [0.2, 0.25) is 0 Å². The third kappa shape index (κ3) is 2.60. The van der Waals surface area contributed by atoms with Gasteiger partial charge in [0.15, 0.2) is 0 Å². The molecule has 13 heavy (non-hydrogen) atoms. The van der Waals surface area contributed by atoms with E-state index >= 15 is 0 Å². The molecular formula is C10H15N3. The molecule has 0 aromatic carbocycles. The standard InChI is InChI=1S/C10H15N3/c1-4-10-9(6-5-8(2)11)7-13(3)12-10/h7-8H,4,11H2,1-3H3. The second kappa shape index (κ2) is 4.11. The van der Waals surface area contributed by atoms with Crippen molar-refractivity contribution in [2.45, 2.75) is 26.3 Å². The largest absolute Gasteiger partial charge is 0.318 e. The Bertz CT molecular complexity index is 339. The zero-order chi connectivity index (χ0) is 9.84. The molecule has 1 aromatic heterocycles. The molecule has 1 unspecified atom stereocenters. The van der Waals surface area contributed by atoms with Crippen LogP contribution < -0.4 is 5.73 Å². The van der Waals surface area contributed by atoms with Crippen molar-refractivity contribution in [1.29, 1.82) is 0 Å². The molecule has 1 rings (SSSR count). The van der Waals surface area contributed by atoms with Crippen molar-refractivity contribution in [2.75, 3.05) is 0 Å². The lowest BCUT2D eigenvalue weighted by Gasteiger charge is -1.89. The molecule has 0 fully saturated rings. The van der Waals surface area contributed by atoms with Gasteiger partial charge in [0.05, 0.1) is 17.3 Å². The van der Waals surface area contributed by atoms with Crippen LogP contribution in [0.1, 0.15) is 25.1 Å². The van der Waals surface area contributed by atoms with Crippen molar-refractivity contribution in [3.8, 4) is 11.8 Å². The van der Waals surface area contributed by atoms with Gasteiger partial charge in [-0.25, -0.2) is 0 Å². The summed E-state index contributed by atoms with van der Waals surface area (Å²) in [5, 5.41) is 4.28. The zero-order valence-corrected chi connectivity index (χ0v) is 8.33. The Balaban J connectivity index is 2.95. The summed E-state index contributed by atoms with van der Waals surface area (Å²) < 4.78 is 1.78. The van der Waals surface area contributed by atoms with E-state index in [1.165, 1.54) is 0 Å². The Morgan fingerprint density at radius 3 is 2.92 bits per heavy atom. The Morgan fingerprint density at radius 2 is 2.38 bits per heavy atom. The lowest BCUT2D eigenvalue weighted by Crippen LogP contribution is -2.10. The summed E-state index contributed by atoms with van der Waals surface area (Å²) >= 11 is 0. The van der Waals surface area contributed by atoms with E-state index in [2.05, 4.69) is 23.9 Å². The monoisotopic (exact) mass is 177 g/mol. The van der Waals surface area contributed by atoms with Crippen LogP contribution >= 0.6 is 0 Å². The lowest BCUT2D eigenvalue weighted by molar-refractivity contribution is 0.746. The molecule has 0 aliphatic heterocycles. The Labute approximate surface area is 78.9 Å². The molecule has 1 heterocycles. The molecule has 1 atom stereocenters. The number of nitrogens with zero attached hydrogens (tertiary/aromatic N) is 2. The van der Waals surface area contributed by atoms with Gasteiger partial charge in [0, 0.05) is 13.2 Å². The Kier molecular flexibility index (Phi) is 3.10. The minimum absolute atomic E-state index is 0.0788. The molecule has 3 nitrogen and oxygen atoms in total. The number of aromatic nitrogens is 2. The molecule has 0 radical (unpaired) electrons. The van der Waals surface area contributed by atoms with Crippen LogP contribution in [0.15, 0.2) is 6.20 Å². The van der Waals surface area contributed by atoms with Crippen LogP contribution in [0.25, 0.3) is 0 Å².